The molecule has 120 valence electrons. The monoisotopic (exact) mass is 391 g/mol. The van der Waals surface area contributed by atoms with Gasteiger partial charge in [0.2, 0.25) is 0 Å². The van der Waals surface area contributed by atoms with Gasteiger partial charge < -0.3 is 5.11 Å². The standard InChI is InChI=1S/C19H19BrClNO/c1-2-9-22-11-16(14-5-3-4-6-18(14)20)17(12-22)15-10-13(21)7-8-19(15)23/h2-8,10,16-17,23H,1,9,11-12H2/t16-,17-/m1/s1. The van der Waals surface area contributed by atoms with Crippen LogP contribution in [0.4, 0.5) is 0 Å². The first-order chi connectivity index (χ1) is 11.1. The maximum atomic E-state index is 10.3. The van der Waals surface area contributed by atoms with E-state index in [1.807, 2.05) is 18.2 Å². The number of phenolic OH excluding ortho intramolecular Hbond substituents is 1. The van der Waals surface area contributed by atoms with Gasteiger partial charge in [0, 0.05) is 46.5 Å². The molecular formula is C19H19BrClNO. The quantitative estimate of drug-likeness (QED) is 0.725. The van der Waals surface area contributed by atoms with Crippen molar-refractivity contribution in [2.24, 2.45) is 0 Å². The second kappa shape index (κ2) is 7.08. The molecule has 0 radical (unpaired) electrons. The number of nitrogens with zero attached hydrogens (tertiary/aromatic N) is 1. The maximum Gasteiger partial charge on any atom is 0.119 e. The second-order valence-electron chi connectivity index (χ2n) is 5.94. The van der Waals surface area contributed by atoms with Crippen molar-refractivity contribution in [2.75, 3.05) is 19.6 Å². The van der Waals surface area contributed by atoms with Crippen LogP contribution in [0.1, 0.15) is 23.0 Å². The molecule has 4 heteroatoms. The van der Waals surface area contributed by atoms with Crippen LogP contribution in [0.3, 0.4) is 0 Å². The molecule has 0 saturated carbocycles. The Morgan fingerprint density at radius 3 is 2.57 bits per heavy atom. The Labute approximate surface area is 150 Å². The first kappa shape index (κ1) is 16.6. The largest absolute Gasteiger partial charge is 0.508 e. The van der Waals surface area contributed by atoms with E-state index in [0.29, 0.717) is 16.7 Å². The van der Waals surface area contributed by atoms with Crippen LogP contribution >= 0.6 is 27.5 Å². The molecule has 0 aliphatic carbocycles. The fraction of sp³-hybridized carbons (Fsp3) is 0.263. The Kier molecular flexibility index (Phi) is 5.10. The van der Waals surface area contributed by atoms with E-state index < -0.39 is 0 Å². The number of halogens is 2. The Balaban J connectivity index is 2.02. The molecule has 2 atom stereocenters. The van der Waals surface area contributed by atoms with Gasteiger partial charge in [-0.05, 0) is 29.8 Å². The van der Waals surface area contributed by atoms with E-state index in [-0.39, 0.29) is 5.92 Å². The SMILES string of the molecule is C=CCN1C[C@H](c2cc(Cl)ccc2O)[C@@H](c2ccccc2Br)C1. The number of aromatic hydroxyl groups is 1. The molecule has 23 heavy (non-hydrogen) atoms. The number of hydrogen-bond donors (Lipinski definition) is 1. The lowest BCUT2D eigenvalue weighted by Gasteiger charge is -2.21. The van der Waals surface area contributed by atoms with Crippen molar-refractivity contribution in [1.82, 2.24) is 4.90 Å². The van der Waals surface area contributed by atoms with Gasteiger partial charge in [-0.1, -0.05) is 51.8 Å². The number of rotatable bonds is 4. The highest BCUT2D eigenvalue weighted by atomic mass is 79.9. The topological polar surface area (TPSA) is 23.5 Å². The normalized spacial score (nSPS) is 21.5. The van der Waals surface area contributed by atoms with E-state index in [1.165, 1.54) is 5.56 Å². The highest BCUT2D eigenvalue weighted by Crippen LogP contribution is 2.45. The molecule has 0 spiro atoms. The summed E-state index contributed by atoms with van der Waals surface area (Å²) in [5.74, 6) is 0.819. The summed E-state index contributed by atoms with van der Waals surface area (Å²) in [6.45, 7) is 6.51. The van der Waals surface area contributed by atoms with Crippen molar-refractivity contribution in [1.29, 1.82) is 0 Å². The summed E-state index contributed by atoms with van der Waals surface area (Å²) in [7, 11) is 0. The predicted molar refractivity (Wildman–Crippen MR) is 99.4 cm³/mol. The van der Waals surface area contributed by atoms with Gasteiger partial charge >= 0.3 is 0 Å². The van der Waals surface area contributed by atoms with Gasteiger partial charge in [-0.25, -0.2) is 0 Å². The van der Waals surface area contributed by atoms with Gasteiger partial charge in [-0.15, -0.1) is 6.58 Å². The Morgan fingerprint density at radius 2 is 1.87 bits per heavy atom. The third-order valence-corrected chi connectivity index (χ3v) is 5.43. The number of likely N-dealkylation sites (tertiary alicyclic amines) is 1. The Bertz CT molecular complexity index is 718. The molecule has 1 saturated heterocycles. The summed E-state index contributed by atoms with van der Waals surface area (Å²) in [5, 5.41) is 11.0. The lowest BCUT2D eigenvalue weighted by atomic mass is 9.84. The first-order valence-corrected chi connectivity index (χ1v) is 8.83. The van der Waals surface area contributed by atoms with Gasteiger partial charge in [0.15, 0.2) is 0 Å². The average Bonchev–Trinajstić information content (AvgIpc) is 2.94. The summed E-state index contributed by atoms with van der Waals surface area (Å²) in [6.07, 6.45) is 1.93. The van der Waals surface area contributed by atoms with E-state index in [0.717, 1.165) is 29.7 Å². The molecule has 2 aromatic rings. The molecule has 3 rings (SSSR count). The van der Waals surface area contributed by atoms with Gasteiger partial charge in [-0.3, -0.25) is 4.90 Å². The summed E-state index contributed by atoms with van der Waals surface area (Å²) >= 11 is 9.84. The van der Waals surface area contributed by atoms with E-state index in [1.54, 1.807) is 12.1 Å². The van der Waals surface area contributed by atoms with Gasteiger partial charge in [0.25, 0.3) is 0 Å². The summed E-state index contributed by atoms with van der Waals surface area (Å²) in [5.41, 5.74) is 2.19. The zero-order valence-electron chi connectivity index (χ0n) is 12.8. The minimum Gasteiger partial charge on any atom is -0.508 e. The van der Waals surface area contributed by atoms with Gasteiger partial charge in [0.05, 0.1) is 0 Å². The first-order valence-electron chi connectivity index (χ1n) is 7.66. The highest BCUT2D eigenvalue weighted by molar-refractivity contribution is 9.10. The van der Waals surface area contributed by atoms with Gasteiger partial charge in [0.1, 0.15) is 5.75 Å². The third kappa shape index (κ3) is 3.47. The van der Waals surface area contributed by atoms with Crippen molar-refractivity contribution in [3.8, 4) is 5.75 Å². The number of hydrogen-bond acceptors (Lipinski definition) is 2. The smallest absolute Gasteiger partial charge is 0.119 e. The fourth-order valence-corrected chi connectivity index (χ4v) is 4.20. The fourth-order valence-electron chi connectivity index (χ4n) is 3.45. The van der Waals surface area contributed by atoms with Gasteiger partial charge in [-0.2, -0.15) is 0 Å². The average molecular weight is 393 g/mol. The molecule has 1 heterocycles. The van der Waals surface area contributed by atoms with E-state index in [9.17, 15) is 5.11 Å². The van der Waals surface area contributed by atoms with Crippen molar-refractivity contribution in [3.63, 3.8) is 0 Å². The molecule has 0 aromatic heterocycles. The summed E-state index contributed by atoms with van der Waals surface area (Å²) < 4.78 is 1.11. The van der Waals surface area contributed by atoms with Crippen molar-refractivity contribution >= 4 is 27.5 Å². The molecule has 0 unspecified atom stereocenters. The van der Waals surface area contributed by atoms with E-state index >= 15 is 0 Å². The highest BCUT2D eigenvalue weighted by Gasteiger charge is 2.36. The van der Waals surface area contributed by atoms with E-state index in [4.69, 9.17) is 11.6 Å². The molecule has 1 aliphatic heterocycles. The number of phenols is 1. The zero-order valence-corrected chi connectivity index (χ0v) is 15.1. The van der Waals surface area contributed by atoms with E-state index in [2.05, 4.69) is 45.6 Å². The molecule has 0 bridgehead atoms. The van der Waals surface area contributed by atoms with Crippen LogP contribution in [0, 0.1) is 0 Å². The molecule has 0 amide bonds. The van der Waals surface area contributed by atoms with Crippen LogP contribution < -0.4 is 0 Å². The molecule has 1 aliphatic rings. The summed E-state index contributed by atoms with van der Waals surface area (Å²) in [6, 6.07) is 13.6. The molecule has 2 nitrogen and oxygen atoms in total. The molecule has 2 aromatic carbocycles. The number of benzene rings is 2. The van der Waals surface area contributed by atoms with Crippen LogP contribution in [0.15, 0.2) is 59.6 Å². The predicted octanol–water partition coefficient (Wildman–Crippen LogP) is 5.18. The third-order valence-electron chi connectivity index (χ3n) is 4.48. The van der Waals surface area contributed by atoms with Crippen LogP contribution in [-0.2, 0) is 0 Å². The lowest BCUT2D eigenvalue weighted by molar-refractivity contribution is 0.367. The molecular weight excluding hydrogens is 374 g/mol. The lowest BCUT2D eigenvalue weighted by Crippen LogP contribution is -2.20. The van der Waals surface area contributed by atoms with Crippen molar-refractivity contribution in [3.05, 3.63) is 75.7 Å². The summed E-state index contributed by atoms with van der Waals surface area (Å²) in [4.78, 5) is 2.36. The van der Waals surface area contributed by atoms with Crippen LogP contribution in [0.2, 0.25) is 5.02 Å². The second-order valence-corrected chi connectivity index (χ2v) is 7.24. The van der Waals surface area contributed by atoms with Crippen molar-refractivity contribution in [2.45, 2.75) is 11.8 Å². The minimum absolute atomic E-state index is 0.201. The molecule has 1 fully saturated rings. The maximum absolute atomic E-state index is 10.3. The Hall–Kier alpha value is -1.29. The van der Waals surface area contributed by atoms with Crippen LogP contribution in [0.25, 0.3) is 0 Å². The van der Waals surface area contributed by atoms with Crippen LogP contribution in [0.5, 0.6) is 5.75 Å². The minimum atomic E-state index is 0.201. The zero-order chi connectivity index (χ0) is 16.4. The van der Waals surface area contributed by atoms with Crippen molar-refractivity contribution < 1.29 is 5.11 Å². The molecule has 1 N–H and O–H groups in total. The Morgan fingerprint density at radius 1 is 1.17 bits per heavy atom. The van der Waals surface area contributed by atoms with Crippen LogP contribution in [-0.4, -0.2) is 29.6 Å².